The highest BCUT2D eigenvalue weighted by Gasteiger charge is 2.36. The van der Waals surface area contributed by atoms with E-state index in [-0.39, 0.29) is 23.3 Å². The summed E-state index contributed by atoms with van der Waals surface area (Å²) in [5.41, 5.74) is 0.0200. The maximum Gasteiger partial charge on any atom is 0.225 e. The van der Waals surface area contributed by atoms with E-state index < -0.39 is 0 Å². The summed E-state index contributed by atoms with van der Waals surface area (Å²) in [4.78, 5) is 25.6. The Balaban J connectivity index is 1.75. The Kier molecular flexibility index (Phi) is 3.64. The highest BCUT2D eigenvalue weighted by Crippen LogP contribution is 2.32. The van der Waals surface area contributed by atoms with Crippen molar-refractivity contribution in [1.82, 2.24) is 10.2 Å². The third-order valence-electron chi connectivity index (χ3n) is 3.48. The maximum atomic E-state index is 11.9. The Labute approximate surface area is 109 Å². The summed E-state index contributed by atoms with van der Waals surface area (Å²) in [7, 11) is 0. The molecule has 1 atom stereocenters. The van der Waals surface area contributed by atoms with Crippen LogP contribution in [0.4, 0.5) is 0 Å². The van der Waals surface area contributed by atoms with Gasteiger partial charge >= 0.3 is 0 Å². The quantitative estimate of drug-likeness (QED) is 0.828. The Morgan fingerprint density at radius 3 is 2.44 bits per heavy atom. The Bertz CT molecular complexity index is 342. The lowest BCUT2D eigenvalue weighted by molar-refractivity contribution is -0.132. The molecule has 1 unspecified atom stereocenters. The van der Waals surface area contributed by atoms with E-state index in [1.54, 1.807) is 0 Å². The van der Waals surface area contributed by atoms with Gasteiger partial charge in [-0.15, -0.1) is 0 Å². The zero-order valence-electron chi connectivity index (χ0n) is 11.7. The van der Waals surface area contributed by atoms with Crippen LogP contribution in [0, 0.1) is 11.3 Å². The molecule has 0 aromatic rings. The highest BCUT2D eigenvalue weighted by molar-refractivity contribution is 5.81. The molecule has 18 heavy (non-hydrogen) atoms. The average molecular weight is 252 g/mol. The summed E-state index contributed by atoms with van der Waals surface area (Å²) < 4.78 is 0. The molecule has 102 valence electrons. The van der Waals surface area contributed by atoms with Gasteiger partial charge in [-0.25, -0.2) is 0 Å². The van der Waals surface area contributed by atoms with Crippen molar-refractivity contribution in [1.29, 1.82) is 0 Å². The molecule has 4 nitrogen and oxygen atoms in total. The van der Waals surface area contributed by atoms with E-state index in [2.05, 4.69) is 26.1 Å². The van der Waals surface area contributed by atoms with Gasteiger partial charge in [-0.1, -0.05) is 20.8 Å². The first-order valence-electron chi connectivity index (χ1n) is 6.93. The number of carbonyl (C=O) groups excluding carboxylic acids is 2. The highest BCUT2D eigenvalue weighted by atomic mass is 16.2. The molecule has 0 bridgehead atoms. The zero-order chi connectivity index (χ0) is 13.3. The minimum Gasteiger partial charge on any atom is -0.352 e. The lowest BCUT2D eigenvalue weighted by Gasteiger charge is -2.20. The normalized spacial score (nSPS) is 24.2. The van der Waals surface area contributed by atoms with Crippen molar-refractivity contribution < 1.29 is 9.59 Å². The number of nitrogens with zero attached hydrogens (tertiary/aromatic N) is 1. The van der Waals surface area contributed by atoms with Crippen LogP contribution in [0.3, 0.4) is 0 Å². The molecule has 0 aromatic heterocycles. The van der Waals surface area contributed by atoms with Crippen molar-refractivity contribution in [3.63, 3.8) is 0 Å². The minimum absolute atomic E-state index is 0.0200. The SMILES string of the molecule is CC(C)(C)CC(=O)NC1CCN(C(=O)C2CC2)C1. The van der Waals surface area contributed by atoms with Gasteiger partial charge in [-0.05, 0) is 24.7 Å². The first-order chi connectivity index (χ1) is 8.35. The lowest BCUT2D eigenvalue weighted by atomic mass is 9.92. The van der Waals surface area contributed by atoms with Crippen molar-refractivity contribution in [2.75, 3.05) is 13.1 Å². The molecule has 1 saturated heterocycles. The van der Waals surface area contributed by atoms with E-state index in [0.29, 0.717) is 18.9 Å². The third kappa shape index (κ3) is 3.72. The third-order valence-corrected chi connectivity index (χ3v) is 3.48. The van der Waals surface area contributed by atoms with E-state index in [4.69, 9.17) is 0 Å². The van der Waals surface area contributed by atoms with Crippen LogP contribution in [0.25, 0.3) is 0 Å². The maximum absolute atomic E-state index is 11.9. The zero-order valence-corrected chi connectivity index (χ0v) is 11.7. The number of likely N-dealkylation sites (tertiary alicyclic amines) is 1. The summed E-state index contributed by atoms with van der Waals surface area (Å²) >= 11 is 0. The Morgan fingerprint density at radius 1 is 1.22 bits per heavy atom. The number of hydrogen-bond acceptors (Lipinski definition) is 2. The summed E-state index contributed by atoms with van der Waals surface area (Å²) in [5, 5.41) is 3.05. The number of rotatable bonds is 3. The molecule has 1 saturated carbocycles. The second-order valence-electron chi connectivity index (χ2n) is 6.85. The van der Waals surface area contributed by atoms with Crippen LogP contribution in [0.1, 0.15) is 46.5 Å². The summed E-state index contributed by atoms with van der Waals surface area (Å²) in [6.45, 7) is 7.68. The number of hydrogen-bond donors (Lipinski definition) is 1. The van der Waals surface area contributed by atoms with Crippen LogP contribution < -0.4 is 5.32 Å². The fourth-order valence-electron chi connectivity index (χ4n) is 2.43. The van der Waals surface area contributed by atoms with E-state index in [0.717, 1.165) is 25.8 Å². The predicted molar refractivity (Wildman–Crippen MR) is 69.9 cm³/mol. The molecule has 2 fully saturated rings. The van der Waals surface area contributed by atoms with Gasteiger partial charge in [0.15, 0.2) is 0 Å². The van der Waals surface area contributed by atoms with Crippen LogP contribution in [-0.4, -0.2) is 35.8 Å². The fourth-order valence-corrected chi connectivity index (χ4v) is 2.43. The van der Waals surface area contributed by atoms with Crippen molar-refractivity contribution >= 4 is 11.8 Å². The molecule has 0 spiro atoms. The van der Waals surface area contributed by atoms with E-state index in [9.17, 15) is 9.59 Å². The number of carbonyl (C=O) groups is 2. The average Bonchev–Trinajstić information content (AvgIpc) is 2.96. The standard InChI is InChI=1S/C14H24N2O2/c1-14(2,3)8-12(17)15-11-6-7-16(9-11)13(18)10-4-5-10/h10-11H,4-9H2,1-3H3,(H,15,17). The number of amides is 2. The van der Waals surface area contributed by atoms with E-state index >= 15 is 0 Å². The Morgan fingerprint density at radius 2 is 1.89 bits per heavy atom. The Hall–Kier alpha value is -1.06. The van der Waals surface area contributed by atoms with Crippen LogP contribution in [0.2, 0.25) is 0 Å². The molecule has 2 aliphatic rings. The molecule has 2 rings (SSSR count). The topological polar surface area (TPSA) is 49.4 Å². The number of nitrogens with one attached hydrogen (secondary N) is 1. The molecule has 4 heteroatoms. The molecule has 1 N–H and O–H groups in total. The molecule has 1 aliphatic carbocycles. The van der Waals surface area contributed by atoms with E-state index in [1.165, 1.54) is 0 Å². The first-order valence-corrected chi connectivity index (χ1v) is 6.93. The molecule has 2 amide bonds. The van der Waals surface area contributed by atoms with Gasteiger partial charge in [0.2, 0.25) is 11.8 Å². The molecule has 0 aromatic carbocycles. The van der Waals surface area contributed by atoms with Crippen molar-refractivity contribution in [3.05, 3.63) is 0 Å². The monoisotopic (exact) mass is 252 g/mol. The van der Waals surface area contributed by atoms with Crippen molar-refractivity contribution in [3.8, 4) is 0 Å². The summed E-state index contributed by atoms with van der Waals surface area (Å²) in [6.07, 6.45) is 3.54. The summed E-state index contributed by atoms with van der Waals surface area (Å²) in [6, 6.07) is 0.155. The van der Waals surface area contributed by atoms with E-state index in [1.807, 2.05) is 4.90 Å². The second kappa shape index (κ2) is 4.90. The molecule has 1 aliphatic heterocycles. The van der Waals surface area contributed by atoms with Crippen LogP contribution >= 0.6 is 0 Å². The van der Waals surface area contributed by atoms with Crippen LogP contribution in [0.5, 0.6) is 0 Å². The van der Waals surface area contributed by atoms with Crippen LogP contribution in [0.15, 0.2) is 0 Å². The van der Waals surface area contributed by atoms with Crippen molar-refractivity contribution in [2.45, 2.75) is 52.5 Å². The molecular formula is C14H24N2O2. The van der Waals surface area contributed by atoms with Gasteiger partial charge in [-0.3, -0.25) is 9.59 Å². The van der Waals surface area contributed by atoms with Gasteiger partial charge in [0.05, 0.1) is 0 Å². The van der Waals surface area contributed by atoms with Gasteiger partial charge < -0.3 is 10.2 Å². The van der Waals surface area contributed by atoms with Crippen molar-refractivity contribution in [2.24, 2.45) is 11.3 Å². The largest absolute Gasteiger partial charge is 0.352 e. The molecule has 1 heterocycles. The minimum atomic E-state index is 0.0200. The van der Waals surface area contributed by atoms with Gasteiger partial charge in [-0.2, -0.15) is 0 Å². The first kappa shape index (κ1) is 13.4. The summed E-state index contributed by atoms with van der Waals surface area (Å²) in [5.74, 6) is 0.685. The van der Waals surface area contributed by atoms with Gasteiger partial charge in [0.25, 0.3) is 0 Å². The molecular weight excluding hydrogens is 228 g/mol. The second-order valence-corrected chi connectivity index (χ2v) is 6.85. The molecule has 0 radical (unpaired) electrons. The van der Waals surface area contributed by atoms with Crippen LogP contribution in [-0.2, 0) is 9.59 Å². The smallest absolute Gasteiger partial charge is 0.225 e. The van der Waals surface area contributed by atoms with Gasteiger partial charge in [0.1, 0.15) is 0 Å². The van der Waals surface area contributed by atoms with Gasteiger partial charge in [0, 0.05) is 31.5 Å². The predicted octanol–water partition coefficient (Wildman–Crippen LogP) is 1.55. The lowest BCUT2D eigenvalue weighted by Crippen LogP contribution is -2.39. The fraction of sp³-hybridized carbons (Fsp3) is 0.857.